The second-order valence-electron chi connectivity index (χ2n) is 7.89. The Morgan fingerprint density at radius 3 is 2.50 bits per heavy atom. The van der Waals surface area contributed by atoms with Crippen molar-refractivity contribution in [2.75, 3.05) is 53.0 Å². The van der Waals surface area contributed by atoms with Crippen LogP contribution in [0.3, 0.4) is 0 Å². The van der Waals surface area contributed by atoms with Gasteiger partial charge in [0.15, 0.2) is 11.5 Å². The van der Waals surface area contributed by atoms with E-state index in [1.54, 1.807) is 7.11 Å². The summed E-state index contributed by atoms with van der Waals surface area (Å²) >= 11 is 0. The van der Waals surface area contributed by atoms with E-state index in [0.29, 0.717) is 18.4 Å². The first-order valence-electron chi connectivity index (χ1n) is 10.7. The van der Waals surface area contributed by atoms with Gasteiger partial charge in [0.1, 0.15) is 12.7 Å². The van der Waals surface area contributed by atoms with Crippen molar-refractivity contribution in [3.05, 3.63) is 23.8 Å². The van der Waals surface area contributed by atoms with Crippen molar-refractivity contribution in [2.45, 2.75) is 51.4 Å². The molecule has 0 bridgehead atoms. The minimum atomic E-state index is -0.478. The van der Waals surface area contributed by atoms with Crippen LogP contribution in [0, 0.1) is 0 Å². The van der Waals surface area contributed by atoms with E-state index in [4.69, 9.17) is 14.2 Å². The Kier molecular flexibility index (Phi) is 8.40. The summed E-state index contributed by atoms with van der Waals surface area (Å²) in [6.07, 6.45) is 4.59. The highest BCUT2D eigenvalue weighted by molar-refractivity contribution is 5.43. The van der Waals surface area contributed by atoms with Crippen molar-refractivity contribution in [3.63, 3.8) is 0 Å². The van der Waals surface area contributed by atoms with E-state index < -0.39 is 6.10 Å². The predicted octanol–water partition coefficient (Wildman–Crippen LogP) is 2.53. The van der Waals surface area contributed by atoms with E-state index in [2.05, 4.69) is 28.9 Å². The van der Waals surface area contributed by atoms with Gasteiger partial charge in [0.2, 0.25) is 0 Å². The zero-order chi connectivity index (χ0) is 19.8. The first kappa shape index (κ1) is 21.4. The summed E-state index contributed by atoms with van der Waals surface area (Å²) in [5, 5.41) is 10.2. The number of piperidine rings is 1. The average Bonchev–Trinajstić information content (AvgIpc) is 3.21. The van der Waals surface area contributed by atoms with Crippen LogP contribution >= 0.6 is 0 Å². The van der Waals surface area contributed by atoms with Crippen LogP contribution in [0.4, 0.5) is 0 Å². The third kappa shape index (κ3) is 6.34. The van der Waals surface area contributed by atoms with E-state index in [1.165, 1.54) is 18.4 Å². The van der Waals surface area contributed by atoms with Crippen LogP contribution in [0.1, 0.15) is 38.2 Å². The highest BCUT2D eigenvalue weighted by Crippen LogP contribution is 2.29. The molecule has 1 atom stereocenters. The number of methoxy groups -OCH3 is 1. The molecule has 0 spiro atoms. The van der Waals surface area contributed by atoms with Gasteiger partial charge >= 0.3 is 0 Å². The number of hydrogen-bond donors (Lipinski definition) is 1. The van der Waals surface area contributed by atoms with Crippen molar-refractivity contribution in [3.8, 4) is 11.5 Å². The molecular weight excluding hydrogens is 356 g/mol. The van der Waals surface area contributed by atoms with E-state index in [0.717, 1.165) is 57.9 Å². The molecule has 2 aliphatic heterocycles. The lowest BCUT2D eigenvalue weighted by Gasteiger charge is -2.31. The molecule has 0 radical (unpaired) electrons. The van der Waals surface area contributed by atoms with Gasteiger partial charge in [-0.1, -0.05) is 6.07 Å². The van der Waals surface area contributed by atoms with Crippen molar-refractivity contribution in [2.24, 2.45) is 0 Å². The van der Waals surface area contributed by atoms with Crippen LogP contribution in [0.15, 0.2) is 18.2 Å². The number of nitrogens with zero attached hydrogens (tertiary/aromatic N) is 2. The van der Waals surface area contributed by atoms with Crippen LogP contribution in [0.2, 0.25) is 0 Å². The molecule has 6 heteroatoms. The highest BCUT2D eigenvalue weighted by atomic mass is 16.5. The van der Waals surface area contributed by atoms with E-state index in [-0.39, 0.29) is 6.61 Å². The zero-order valence-corrected chi connectivity index (χ0v) is 17.4. The van der Waals surface area contributed by atoms with E-state index >= 15 is 0 Å². The number of ether oxygens (including phenoxy) is 3. The first-order valence-corrected chi connectivity index (χ1v) is 10.7. The molecule has 1 aromatic rings. The summed E-state index contributed by atoms with van der Waals surface area (Å²) in [6, 6.07) is 6.11. The lowest BCUT2D eigenvalue weighted by Crippen LogP contribution is -2.36. The molecule has 2 aliphatic rings. The van der Waals surface area contributed by atoms with Crippen LogP contribution in [-0.4, -0.2) is 80.2 Å². The molecule has 2 saturated heterocycles. The van der Waals surface area contributed by atoms with Gasteiger partial charge in [0.05, 0.1) is 13.2 Å². The Morgan fingerprint density at radius 2 is 1.82 bits per heavy atom. The molecule has 2 heterocycles. The lowest BCUT2D eigenvalue weighted by atomic mass is 10.1. The van der Waals surface area contributed by atoms with Gasteiger partial charge in [0.25, 0.3) is 0 Å². The van der Waals surface area contributed by atoms with Gasteiger partial charge in [-0.25, -0.2) is 0 Å². The molecule has 2 fully saturated rings. The van der Waals surface area contributed by atoms with Crippen molar-refractivity contribution in [1.82, 2.24) is 9.80 Å². The number of benzene rings is 1. The monoisotopic (exact) mass is 392 g/mol. The van der Waals surface area contributed by atoms with Gasteiger partial charge in [-0.3, -0.25) is 4.90 Å². The number of hydrogen-bond acceptors (Lipinski definition) is 6. The second kappa shape index (κ2) is 11.0. The molecule has 6 nitrogen and oxygen atoms in total. The van der Waals surface area contributed by atoms with Gasteiger partial charge in [-0.2, -0.15) is 0 Å². The number of rotatable bonds is 10. The predicted molar refractivity (Wildman–Crippen MR) is 110 cm³/mol. The van der Waals surface area contributed by atoms with Gasteiger partial charge in [0, 0.05) is 32.8 Å². The summed E-state index contributed by atoms with van der Waals surface area (Å²) in [5.74, 6) is 1.43. The highest BCUT2D eigenvalue weighted by Gasteiger charge is 2.20. The molecule has 0 aliphatic carbocycles. The summed E-state index contributed by atoms with van der Waals surface area (Å²) < 4.78 is 17.1. The number of aliphatic hydroxyl groups excluding tert-OH is 1. The Balaban J connectivity index is 1.48. The molecular formula is C22H36N2O4. The van der Waals surface area contributed by atoms with Gasteiger partial charge in [-0.15, -0.1) is 0 Å². The van der Waals surface area contributed by atoms with Gasteiger partial charge in [-0.05, 0) is 63.4 Å². The Bertz CT molecular complexity index is 584. The first-order chi connectivity index (χ1) is 13.7. The van der Waals surface area contributed by atoms with E-state index in [9.17, 15) is 5.11 Å². The number of likely N-dealkylation sites (tertiary alicyclic amines) is 2. The Hall–Kier alpha value is -1.34. The largest absolute Gasteiger partial charge is 0.493 e. The molecule has 28 heavy (non-hydrogen) atoms. The molecule has 1 aromatic carbocycles. The third-order valence-corrected chi connectivity index (χ3v) is 5.67. The second-order valence-corrected chi connectivity index (χ2v) is 7.89. The van der Waals surface area contributed by atoms with Crippen LogP contribution in [0.25, 0.3) is 0 Å². The maximum absolute atomic E-state index is 10.2. The third-order valence-electron chi connectivity index (χ3n) is 5.67. The fourth-order valence-electron chi connectivity index (χ4n) is 4.16. The molecule has 3 rings (SSSR count). The minimum absolute atomic E-state index is 0.289. The molecule has 0 aromatic heterocycles. The molecule has 0 unspecified atom stereocenters. The van der Waals surface area contributed by atoms with Crippen LogP contribution in [-0.2, 0) is 11.3 Å². The summed E-state index contributed by atoms with van der Waals surface area (Å²) in [6.45, 7) is 9.03. The summed E-state index contributed by atoms with van der Waals surface area (Å²) in [4.78, 5) is 4.76. The number of β-amino-alcohol motifs (C(OH)–C–C–N with tert-alkyl or cyclic N) is 1. The SMILES string of the molecule is CCOC1CCN(Cc2ccc(OC[C@H](O)CN3CCCC3)c(OC)c2)CC1. The van der Waals surface area contributed by atoms with Crippen molar-refractivity contribution in [1.29, 1.82) is 0 Å². The summed E-state index contributed by atoms with van der Waals surface area (Å²) in [5.41, 5.74) is 1.22. The number of aliphatic hydroxyl groups is 1. The Labute approximate surface area is 169 Å². The Morgan fingerprint density at radius 1 is 1.07 bits per heavy atom. The molecule has 1 N–H and O–H groups in total. The standard InChI is InChI=1S/C22H36N2O4/c1-3-27-20-8-12-24(13-9-20)15-18-6-7-21(22(14-18)26-2)28-17-19(25)16-23-10-4-5-11-23/h6-7,14,19-20,25H,3-5,8-13,15-17H2,1-2H3/t19-/m1/s1. The van der Waals surface area contributed by atoms with Gasteiger partial charge < -0.3 is 24.2 Å². The average molecular weight is 393 g/mol. The van der Waals surface area contributed by atoms with Crippen molar-refractivity contribution < 1.29 is 19.3 Å². The summed E-state index contributed by atoms with van der Waals surface area (Å²) in [7, 11) is 1.67. The molecule has 158 valence electrons. The van der Waals surface area contributed by atoms with Crippen LogP contribution < -0.4 is 9.47 Å². The fourth-order valence-corrected chi connectivity index (χ4v) is 4.16. The normalized spacial score (nSPS) is 20.4. The van der Waals surface area contributed by atoms with Crippen molar-refractivity contribution >= 4 is 0 Å². The smallest absolute Gasteiger partial charge is 0.161 e. The van der Waals surface area contributed by atoms with E-state index in [1.807, 2.05) is 6.07 Å². The zero-order valence-electron chi connectivity index (χ0n) is 17.4. The quantitative estimate of drug-likeness (QED) is 0.660. The topological polar surface area (TPSA) is 54.4 Å². The minimum Gasteiger partial charge on any atom is -0.493 e. The van der Waals surface area contributed by atoms with Crippen LogP contribution in [0.5, 0.6) is 11.5 Å². The maximum atomic E-state index is 10.2. The maximum Gasteiger partial charge on any atom is 0.161 e. The molecule has 0 amide bonds. The fraction of sp³-hybridized carbons (Fsp3) is 0.727. The lowest BCUT2D eigenvalue weighted by molar-refractivity contribution is 0.0125. The molecule has 0 saturated carbocycles.